The van der Waals surface area contributed by atoms with Crippen LogP contribution in [0.2, 0.25) is 0 Å². The molecule has 104 valence electrons. The Bertz CT molecular complexity index is 556. The van der Waals surface area contributed by atoms with Gasteiger partial charge in [-0.15, -0.1) is 0 Å². The smallest absolute Gasteiger partial charge is 0.330 e. The second-order valence-electron chi connectivity index (χ2n) is 4.38. The highest BCUT2D eigenvalue weighted by Gasteiger charge is 2.37. The van der Waals surface area contributed by atoms with Crippen molar-refractivity contribution >= 4 is 17.8 Å². The summed E-state index contributed by atoms with van der Waals surface area (Å²) in [5, 5.41) is 0. The number of amides is 2. The van der Waals surface area contributed by atoms with Crippen molar-refractivity contribution in [3.05, 3.63) is 47.5 Å². The van der Waals surface area contributed by atoms with Gasteiger partial charge in [-0.3, -0.25) is 14.5 Å². The molecule has 0 unspecified atom stereocenters. The Morgan fingerprint density at radius 2 is 1.80 bits per heavy atom. The van der Waals surface area contributed by atoms with Gasteiger partial charge in [0.1, 0.15) is 0 Å². The van der Waals surface area contributed by atoms with E-state index < -0.39 is 12.0 Å². The topological polar surface area (TPSA) is 63.7 Å². The van der Waals surface area contributed by atoms with Crippen molar-refractivity contribution in [2.24, 2.45) is 0 Å². The number of carbonyl (C=O) groups excluding carboxylic acids is 3. The van der Waals surface area contributed by atoms with Gasteiger partial charge >= 0.3 is 5.97 Å². The van der Waals surface area contributed by atoms with Crippen LogP contribution in [0.5, 0.6) is 0 Å². The molecular weight excluding hydrogens is 258 g/mol. The van der Waals surface area contributed by atoms with Crippen LogP contribution in [0.25, 0.3) is 0 Å². The monoisotopic (exact) mass is 273 g/mol. The minimum Gasteiger partial charge on any atom is -0.463 e. The summed E-state index contributed by atoms with van der Waals surface area (Å²) in [4.78, 5) is 36.7. The summed E-state index contributed by atoms with van der Waals surface area (Å²) in [5.74, 6) is -1.17. The number of esters is 1. The zero-order valence-corrected chi connectivity index (χ0v) is 11.3. The van der Waals surface area contributed by atoms with Crippen molar-refractivity contribution in [1.29, 1.82) is 0 Å². The maximum absolute atomic E-state index is 12.2. The van der Waals surface area contributed by atoms with E-state index in [4.69, 9.17) is 4.74 Å². The number of rotatable bonds is 4. The zero-order valence-electron chi connectivity index (χ0n) is 11.3. The van der Waals surface area contributed by atoms with Crippen LogP contribution < -0.4 is 0 Å². The molecule has 0 bridgehead atoms. The third kappa shape index (κ3) is 2.47. The van der Waals surface area contributed by atoms with E-state index in [1.807, 2.05) is 0 Å². The molecule has 0 spiro atoms. The van der Waals surface area contributed by atoms with Gasteiger partial charge in [0.15, 0.2) is 0 Å². The Balaban J connectivity index is 2.17. The predicted molar refractivity (Wildman–Crippen MR) is 72.2 cm³/mol. The minimum atomic E-state index is -0.508. The lowest BCUT2D eigenvalue weighted by Gasteiger charge is -2.19. The van der Waals surface area contributed by atoms with Gasteiger partial charge in [-0.05, 0) is 26.0 Å². The lowest BCUT2D eigenvalue weighted by Crippen LogP contribution is -2.36. The predicted octanol–water partition coefficient (Wildman–Crippen LogP) is 1.79. The van der Waals surface area contributed by atoms with Crippen molar-refractivity contribution in [2.45, 2.75) is 19.9 Å². The molecule has 0 aliphatic carbocycles. The highest BCUT2D eigenvalue weighted by atomic mass is 16.5. The number of hydrogen-bond acceptors (Lipinski definition) is 4. The summed E-state index contributed by atoms with van der Waals surface area (Å²) in [6, 6.07) is 6.17. The van der Waals surface area contributed by atoms with E-state index in [-0.39, 0.29) is 18.4 Å². The molecule has 0 saturated heterocycles. The number of ether oxygens (including phenoxy) is 1. The Labute approximate surface area is 116 Å². The van der Waals surface area contributed by atoms with E-state index >= 15 is 0 Å². The standard InChI is InChI=1S/C15H15NO4/c1-3-20-13(17)9-8-10(2)16-14(18)11-6-4-5-7-12(11)15(16)19/h4-10H,3H2,1-2H3/b9-8+/t10-/m1/s1. The largest absolute Gasteiger partial charge is 0.463 e. The quantitative estimate of drug-likeness (QED) is 0.476. The second-order valence-corrected chi connectivity index (χ2v) is 4.38. The van der Waals surface area contributed by atoms with Crippen molar-refractivity contribution in [2.75, 3.05) is 6.61 Å². The summed E-state index contributed by atoms with van der Waals surface area (Å²) in [6.07, 6.45) is 2.72. The highest BCUT2D eigenvalue weighted by Crippen LogP contribution is 2.24. The van der Waals surface area contributed by atoms with E-state index in [2.05, 4.69) is 0 Å². The molecule has 0 fully saturated rings. The maximum Gasteiger partial charge on any atom is 0.330 e. The lowest BCUT2D eigenvalue weighted by molar-refractivity contribution is -0.137. The van der Waals surface area contributed by atoms with Crippen LogP contribution in [0.1, 0.15) is 34.6 Å². The normalized spacial score (nSPS) is 15.6. The van der Waals surface area contributed by atoms with Gasteiger partial charge in [0.05, 0.1) is 23.8 Å². The SMILES string of the molecule is CCOC(=O)/C=C/[C@@H](C)N1C(=O)c2ccccc2C1=O. The van der Waals surface area contributed by atoms with Gasteiger partial charge in [0, 0.05) is 6.08 Å². The molecule has 1 atom stereocenters. The maximum atomic E-state index is 12.2. The summed E-state index contributed by atoms with van der Waals surface area (Å²) < 4.78 is 4.76. The number of fused-ring (bicyclic) bond motifs is 1. The molecule has 1 aliphatic rings. The average molecular weight is 273 g/mol. The Hall–Kier alpha value is -2.43. The molecule has 5 heteroatoms. The molecule has 0 radical (unpaired) electrons. The minimum absolute atomic E-state index is 0.282. The fraction of sp³-hybridized carbons (Fsp3) is 0.267. The van der Waals surface area contributed by atoms with Crippen LogP contribution >= 0.6 is 0 Å². The lowest BCUT2D eigenvalue weighted by atomic mass is 10.1. The fourth-order valence-corrected chi connectivity index (χ4v) is 2.07. The Morgan fingerprint density at radius 1 is 1.25 bits per heavy atom. The molecule has 0 N–H and O–H groups in total. The zero-order chi connectivity index (χ0) is 14.7. The molecule has 1 aromatic carbocycles. The van der Waals surface area contributed by atoms with Gasteiger partial charge in [-0.25, -0.2) is 4.79 Å². The number of benzene rings is 1. The van der Waals surface area contributed by atoms with Crippen molar-refractivity contribution < 1.29 is 19.1 Å². The number of nitrogens with zero attached hydrogens (tertiary/aromatic N) is 1. The number of hydrogen-bond donors (Lipinski definition) is 0. The first-order chi connectivity index (χ1) is 9.56. The van der Waals surface area contributed by atoms with Crippen LogP contribution in [0.3, 0.4) is 0 Å². The number of imide groups is 1. The molecule has 1 aromatic rings. The van der Waals surface area contributed by atoms with Gasteiger partial charge in [0.2, 0.25) is 0 Å². The Kier molecular flexibility index (Phi) is 3.98. The van der Waals surface area contributed by atoms with Crippen molar-refractivity contribution in [1.82, 2.24) is 4.90 Å². The van der Waals surface area contributed by atoms with Gasteiger partial charge in [-0.1, -0.05) is 18.2 Å². The van der Waals surface area contributed by atoms with Crippen LogP contribution in [-0.4, -0.2) is 35.3 Å². The summed E-state index contributed by atoms with van der Waals surface area (Å²) in [6.45, 7) is 3.67. The fourth-order valence-electron chi connectivity index (χ4n) is 2.07. The van der Waals surface area contributed by atoms with E-state index in [0.29, 0.717) is 11.1 Å². The van der Waals surface area contributed by atoms with Gasteiger partial charge < -0.3 is 4.74 Å². The molecule has 1 aliphatic heterocycles. The molecule has 20 heavy (non-hydrogen) atoms. The first kappa shape index (κ1) is 14.0. The van der Waals surface area contributed by atoms with Crippen LogP contribution in [0, 0.1) is 0 Å². The number of carbonyl (C=O) groups is 3. The van der Waals surface area contributed by atoms with E-state index in [9.17, 15) is 14.4 Å². The summed E-state index contributed by atoms with van der Waals surface area (Å²) in [7, 11) is 0. The Morgan fingerprint density at radius 3 is 2.30 bits per heavy atom. The molecule has 0 saturated carbocycles. The third-order valence-corrected chi connectivity index (χ3v) is 3.03. The van der Waals surface area contributed by atoms with E-state index in [1.54, 1.807) is 38.1 Å². The second kappa shape index (κ2) is 5.69. The molecule has 5 nitrogen and oxygen atoms in total. The first-order valence-corrected chi connectivity index (χ1v) is 6.38. The highest BCUT2D eigenvalue weighted by molar-refractivity contribution is 6.21. The van der Waals surface area contributed by atoms with E-state index in [0.717, 1.165) is 4.90 Å². The molecule has 2 rings (SSSR count). The molecular formula is C15H15NO4. The van der Waals surface area contributed by atoms with Crippen LogP contribution in [-0.2, 0) is 9.53 Å². The van der Waals surface area contributed by atoms with Gasteiger partial charge in [-0.2, -0.15) is 0 Å². The first-order valence-electron chi connectivity index (χ1n) is 6.38. The van der Waals surface area contributed by atoms with E-state index in [1.165, 1.54) is 12.2 Å². The average Bonchev–Trinajstić information content (AvgIpc) is 2.69. The summed E-state index contributed by atoms with van der Waals surface area (Å²) >= 11 is 0. The van der Waals surface area contributed by atoms with Crippen LogP contribution in [0.4, 0.5) is 0 Å². The molecule has 1 heterocycles. The van der Waals surface area contributed by atoms with Crippen molar-refractivity contribution in [3.8, 4) is 0 Å². The van der Waals surface area contributed by atoms with Crippen molar-refractivity contribution in [3.63, 3.8) is 0 Å². The molecule has 0 aromatic heterocycles. The third-order valence-electron chi connectivity index (χ3n) is 3.03. The van der Waals surface area contributed by atoms with Gasteiger partial charge in [0.25, 0.3) is 11.8 Å². The summed E-state index contributed by atoms with van der Waals surface area (Å²) in [5.41, 5.74) is 0.794. The van der Waals surface area contributed by atoms with Crippen LogP contribution in [0.15, 0.2) is 36.4 Å². The molecule has 2 amide bonds.